The van der Waals surface area contributed by atoms with E-state index in [9.17, 15) is 9.59 Å². The molecule has 2 saturated heterocycles. The van der Waals surface area contributed by atoms with Crippen molar-refractivity contribution in [3.8, 4) is 0 Å². The van der Waals surface area contributed by atoms with Crippen LogP contribution in [0.1, 0.15) is 25.7 Å². The maximum Gasteiger partial charge on any atom is 0.329 e. The number of nitrogens with one attached hydrogen (secondary N) is 1. The Morgan fingerprint density at radius 2 is 2.00 bits per heavy atom. The van der Waals surface area contributed by atoms with E-state index in [-0.39, 0.29) is 24.7 Å². The quantitative estimate of drug-likeness (QED) is 0.730. The summed E-state index contributed by atoms with van der Waals surface area (Å²) in [5, 5.41) is 11.7. The van der Waals surface area contributed by atoms with Crippen molar-refractivity contribution in [3.63, 3.8) is 0 Å². The lowest BCUT2D eigenvalue weighted by Gasteiger charge is -2.33. The molecule has 0 saturated carbocycles. The molecule has 2 fully saturated rings. The molecule has 18 heavy (non-hydrogen) atoms. The van der Waals surface area contributed by atoms with Crippen LogP contribution in [0.5, 0.6) is 0 Å². The molecule has 1 amide bonds. The molecule has 0 spiro atoms. The summed E-state index contributed by atoms with van der Waals surface area (Å²) in [4.78, 5) is 24.4. The standard InChI is InChI=1S/C12H20N2O4/c15-11(16)8-18-9-3-6-14(7-4-9)12(17)10-2-1-5-13-10/h9-10,13H,1-8H2,(H,15,16). The number of carbonyl (C=O) groups excluding carboxylic acids is 1. The first-order chi connectivity index (χ1) is 8.66. The van der Waals surface area contributed by atoms with Gasteiger partial charge in [-0.15, -0.1) is 0 Å². The van der Waals surface area contributed by atoms with Gasteiger partial charge >= 0.3 is 5.97 Å². The molecule has 2 N–H and O–H groups in total. The molecule has 6 heteroatoms. The number of ether oxygens (including phenoxy) is 1. The third kappa shape index (κ3) is 3.43. The summed E-state index contributed by atoms with van der Waals surface area (Å²) in [7, 11) is 0. The number of amides is 1. The van der Waals surface area contributed by atoms with E-state index >= 15 is 0 Å². The smallest absolute Gasteiger partial charge is 0.329 e. The zero-order valence-electron chi connectivity index (χ0n) is 10.4. The highest BCUT2D eigenvalue weighted by Crippen LogP contribution is 2.16. The van der Waals surface area contributed by atoms with E-state index in [4.69, 9.17) is 9.84 Å². The number of rotatable bonds is 4. The molecular formula is C12H20N2O4. The van der Waals surface area contributed by atoms with E-state index < -0.39 is 5.97 Å². The van der Waals surface area contributed by atoms with Crippen LogP contribution in [0.3, 0.4) is 0 Å². The monoisotopic (exact) mass is 256 g/mol. The summed E-state index contributed by atoms with van der Waals surface area (Å²) in [5.74, 6) is -0.757. The Hall–Kier alpha value is -1.14. The number of likely N-dealkylation sites (tertiary alicyclic amines) is 1. The van der Waals surface area contributed by atoms with Gasteiger partial charge in [-0.3, -0.25) is 4.79 Å². The Kier molecular flexibility index (Phi) is 4.54. The molecule has 2 heterocycles. The van der Waals surface area contributed by atoms with Crippen molar-refractivity contribution in [1.29, 1.82) is 0 Å². The van der Waals surface area contributed by atoms with Crippen molar-refractivity contribution in [1.82, 2.24) is 10.2 Å². The van der Waals surface area contributed by atoms with E-state index in [1.807, 2.05) is 4.90 Å². The van der Waals surface area contributed by atoms with E-state index in [0.717, 1.165) is 32.2 Å². The van der Waals surface area contributed by atoms with Gasteiger partial charge in [-0.2, -0.15) is 0 Å². The predicted molar refractivity (Wildman–Crippen MR) is 64.2 cm³/mol. The Bertz CT molecular complexity index is 307. The van der Waals surface area contributed by atoms with Gasteiger partial charge in [0.2, 0.25) is 5.91 Å². The molecule has 1 unspecified atom stereocenters. The molecule has 0 aliphatic carbocycles. The van der Waals surface area contributed by atoms with Gasteiger partial charge in [0.1, 0.15) is 6.61 Å². The summed E-state index contributed by atoms with van der Waals surface area (Å²) < 4.78 is 5.24. The highest BCUT2D eigenvalue weighted by atomic mass is 16.5. The van der Waals surface area contributed by atoms with Crippen LogP contribution in [0.25, 0.3) is 0 Å². The van der Waals surface area contributed by atoms with E-state index in [1.165, 1.54) is 0 Å². The molecule has 2 aliphatic heterocycles. The Labute approximate surface area is 106 Å². The van der Waals surface area contributed by atoms with E-state index in [1.54, 1.807) is 0 Å². The molecule has 2 aliphatic rings. The Morgan fingerprint density at radius 3 is 2.56 bits per heavy atom. The summed E-state index contributed by atoms with van der Waals surface area (Å²) in [6.45, 7) is 2.01. The average molecular weight is 256 g/mol. The number of carboxylic acids is 1. The van der Waals surface area contributed by atoms with Gasteiger partial charge in [-0.25, -0.2) is 4.79 Å². The van der Waals surface area contributed by atoms with Crippen LogP contribution in [0.2, 0.25) is 0 Å². The van der Waals surface area contributed by atoms with Crippen LogP contribution in [0.4, 0.5) is 0 Å². The Balaban J connectivity index is 1.72. The Morgan fingerprint density at radius 1 is 1.28 bits per heavy atom. The summed E-state index contributed by atoms with van der Waals surface area (Å²) in [6, 6.07) is -0.0125. The highest BCUT2D eigenvalue weighted by molar-refractivity contribution is 5.82. The third-order valence-corrected chi connectivity index (χ3v) is 3.55. The van der Waals surface area contributed by atoms with Crippen molar-refractivity contribution >= 4 is 11.9 Å². The molecule has 2 rings (SSSR count). The topological polar surface area (TPSA) is 78.9 Å². The lowest BCUT2D eigenvalue weighted by molar-refractivity contribution is -0.147. The zero-order valence-corrected chi connectivity index (χ0v) is 10.4. The molecule has 0 aromatic heterocycles. The van der Waals surface area contributed by atoms with Crippen LogP contribution >= 0.6 is 0 Å². The van der Waals surface area contributed by atoms with Crippen LogP contribution < -0.4 is 5.32 Å². The van der Waals surface area contributed by atoms with Gasteiger partial charge in [0, 0.05) is 13.1 Å². The lowest BCUT2D eigenvalue weighted by Crippen LogP contribution is -2.48. The van der Waals surface area contributed by atoms with Gasteiger partial charge in [0.15, 0.2) is 0 Å². The average Bonchev–Trinajstić information content (AvgIpc) is 2.90. The first kappa shape index (κ1) is 13.3. The van der Waals surface area contributed by atoms with Crippen molar-refractivity contribution in [2.24, 2.45) is 0 Å². The van der Waals surface area contributed by atoms with Crippen LogP contribution in [0.15, 0.2) is 0 Å². The van der Waals surface area contributed by atoms with Crippen molar-refractivity contribution in [3.05, 3.63) is 0 Å². The van der Waals surface area contributed by atoms with Crippen molar-refractivity contribution in [2.45, 2.75) is 37.8 Å². The number of piperidine rings is 1. The van der Waals surface area contributed by atoms with E-state index in [0.29, 0.717) is 13.1 Å². The summed E-state index contributed by atoms with van der Waals surface area (Å²) >= 11 is 0. The van der Waals surface area contributed by atoms with Crippen molar-refractivity contribution < 1.29 is 19.4 Å². The summed E-state index contributed by atoms with van der Waals surface area (Å²) in [5.41, 5.74) is 0. The third-order valence-electron chi connectivity index (χ3n) is 3.55. The number of aliphatic carboxylic acids is 1. The molecule has 0 aromatic rings. The van der Waals surface area contributed by atoms with Crippen LogP contribution in [-0.2, 0) is 14.3 Å². The van der Waals surface area contributed by atoms with Gasteiger partial charge in [0.05, 0.1) is 12.1 Å². The second kappa shape index (κ2) is 6.15. The number of carboxylic acid groups (broad SMARTS) is 1. The minimum atomic E-state index is -0.941. The largest absolute Gasteiger partial charge is 0.480 e. The number of hydrogen-bond acceptors (Lipinski definition) is 4. The fourth-order valence-corrected chi connectivity index (χ4v) is 2.55. The maximum atomic E-state index is 12.1. The van der Waals surface area contributed by atoms with Gasteiger partial charge in [-0.05, 0) is 32.2 Å². The second-order valence-corrected chi connectivity index (χ2v) is 4.88. The molecular weight excluding hydrogens is 236 g/mol. The summed E-state index contributed by atoms with van der Waals surface area (Å²) in [6.07, 6.45) is 3.42. The number of hydrogen-bond donors (Lipinski definition) is 2. The van der Waals surface area contributed by atoms with Gasteiger partial charge < -0.3 is 20.1 Å². The van der Waals surface area contributed by atoms with Gasteiger partial charge in [-0.1, -0.05) is 0 Å². The molecule has 0 radical (unpaired) electrons. The molecule has 1 atom stereocenters. The van der Waals surface area contributed by atoms with Crippen LogP contribution in [0, 0.1) is 0 Å². The minimum Gasteiger partial charge on any atom is -0.480 e. The lowest BCUT2D eigenvalue weighted by atomic mass is 10.1. The fraction of sp³-hybridized carbons (Fsp3) is 0.833. The van der Waals surface area contributed by atoms with Crippen LogP contribution in [-0.4, -0.2) is 60.3 Å². The first-order valence-electron chi connectivity index (χ1n) is 6.52. The van der Waals surface area contributed by atoms with E-state index in [2.05, 4.69) is 5.32 Å². The zero-order chi connectivity index (χ0) is 13.0. The van der Waals surface area contributed by atoms with Gasteiger partial charge in [0.25, 0.3) is 0 Å². The molecule has 0 aromatic carbocycles. The van der Waals surface area contributed by atoms with Crippen molar-refractivity contribution in [2.75, 3.05) is 26.2 Å². The number of nitrogens with zero attached hydrogens (tertiary/aromatic N) is 1. The minimum absolute atomic E-state index is 0.0125. The molecule has 6 nitrogen and oxygen atoms in total. The fourth-order valence-electron chi connectivity index (χ4n) is 2.55. The second-order valence-electron chi connectivity index (χ2n) is 4.88. The maximum absolute atomic E-state index is 12.1. The normalized spacial score (nSPS) is 25.3. The number of carbonyl (C=O) groups is 2. The molecule has 102 valence electrons. The molecule has 0 bridgehead atoms. The predicted octanol–water partition coefficient (Wildman–Crippen LogP) is -0.169. The first-order valence-corrected chi connectivity index (χ1v) is 6.52. The highest BCUT2D eigenvalue weighted by Gasteiger charge is 2.30. The SMILES string of the molecule is O=C(O)COC1CCN(C(=O)C2CCCN2)CC1.